The van der Waals surface area contributed by atoms with E-state index < -0.39 is 10.0 Å². The number of amides is 2. The summed E-state index contributed by atoms with van der Waals surface area (Å²) >= 11 is 5.82. The van der Waals surface area contributed by atoms with Crippen molar-refractivity contribution in [3.05, 3.63) is 29.3 Å². The largest absolute Gasteiger partial charge is 0.323 e. The molecule has 1 fully saturated rings. The Balaban J connectivity index is 1.94. The number of nitrogens with one attached hydrogen (secondary N) is 1. The number of carbonyl (C=O) groups excluding carboxylic acids is 1. The predicted octanol–water partition coefficient (Wildman–Crippen LogP) is 2.62. The number of hydrogen-bond donors (Lipinski definition) is 1. The van der Waals surface area contributed by atoms with Gasteiger partial charge in [0.15, 0.2) is 0 Å². The van der Waals surface area contributed by atoms with Crippen molar-refractivity contribution in [2.45, 2.75) is 19.8 Å². The van der Waals surface area contributed by atoms with Gasteiger partial charge in [-0.05, 0) is 37.1 Å². The summed E-state index contributed by atoms with van der Waals surface area (Å²) in [6.45, 7) is 3.59. The molecule has 1 N–H and O–H groups in total. The molecule has 128 valence electrons. The van der Waals surface area contributed by atoms with Crippen LogP contribution >= 0.6 is 11.6 Å². The molecule has 1 aliphatic rings. The summed E-state index contributed by atoms with van der Waals surface area (Å²) in [5, 5.41) is 3.41. The van der Waals surface area contributed by atoms with E-state index in [1.165, 1.54) is 4.31 Å². The van der Waals surface area contributed by atoms with Crippen LogP contribution in [0.1, 0.15) is 19.8 Å². The Morgan fingerprint density at radius 3 is 2.52 bits per heavy atom. The quantitative estimate of drug-likeness (QED) is 0.898. The number of anilines is 1. The molecule has 1 aromatic carbocycles. The van der Waals surface area contributed by atoms with E-state index >= 15 is 0 Å². The highest BCUT2D eigenvalue weighted by atomic mass is 35.5. The Kier molecular flexibility index (Phi) is 6.26. The second-order valence-electron chi connectivity index (χ2n) is 5.49. The van der Waals surface area contributed by atoms with E-state index in [-0.39, 0.29) is 11.8 Å². The number of halogens is 1. The predicted molar refractivity (Wildman–Crippen MR) is 92.3 cm³/mol. The smallest absolute Gasteiger partial charge is 0.321 e. The van der Waals surface area contributed by atoms with Gasteiger partial charge in [0, 0.05) is 36.9 Å². The van der Waals surface area contributed by atoms with Gasteiger partial charge in [0.25, 0.3) is 0 Å². The minimum atomic E-state index is -3.21. The van der Waals surface area contributed by atoms with E-state index in [2.05, 4.69) is 5.32 Å². The molecule has 8 heteroatoms. The van der Waals surface area contributed by atoms with Crippen LogP contribution in [-0.2, 0) is 10.0 Å². The summed E-state index contributed by atoms with van der Waals surface area (Å²) in [7, 11) is -3.21. The number of sulfonamides is 1. The number of urea groups is 1. The van der Waals surface area contributed by atoms with Crippen LogP contribution in [0, 0.1) is 0 Å². The summed E-state index contributed by atoms with van der Waals surface area (Å²) in [6, 6.07) is 6.66. The molecule has 2 rings (SSSR count). The van der Waals surface area contributed by atoms with E-state index in [1.807, 2.05) is 6.92 Å². The first-order chi connectivity index (χ1) is 10.9. The van der Waals surface area contributed by atoms with Crippen LogP contribution in [0.15, 0.2) is 24.3 Å². The lowest BCUT2D eigenvalue weighted by atomic mass is 10.3. The summed E-state index contributed by atoms with van der Waals surface area (Å²) in [4.78, 5) is 14.0. The highest BCUT2D eigenvalue weighted by molar-refractivity contribution is 7.89. The minimum absolute atomic E-state index is 0.157. The summed E-state index contributed by atoms with van der Waals surface area (Å²) in [5.74, 6) is 0.157. The van der Waals surface area contributed by atoms with Crippen molar-refractivity contribution in [3.63, 3.8) is 0 Å². The lowest BCUT2D eigenvalue weighted by molar-refractivity contribution is 0.214. The molecule has 0 atom stereocenters. The molecule has 23 heavy (non-hydrogen) atoms. The monoisotopic (exact) mass is 359 g/mol. The Morgan fingerprint density at radius 1 is 1.17 bits per heavy atom. The zero-order valence-electron chi connectivity index (χ0n) is 13.2. The number of nitrogens with zero attached hydrogens (tertiary/aromatic N) is 2. The molecule has 1 heterocycles. The van der Waals surface area contributed by atoms with E-state index in [9.17, 15) is 13.2 Å². The van der Waals surface area contributed by atoms with Gasteiger partial charge < -0.3 is 10.2 Å². The second-order valence-corrected chi connectivity index (χ2v) is 8.02. The van der Waals surface area contributed by atoms with Gasteiger partial charge in [0.2, 0.25) is 10.0 Å². The Morgan fingerprint density at radius 2 is 1.87 bits per heavy atom. The summed E-state index contributed by atoms with van der Waals surface area (Å²) in [5.41, 5.74) is 0.666. The zero-order chi connectivity index (χ0) is 16.9. The average molecular weight is 360 g/mol. The van der Waals surface area contributed by atoms with E-state index in [0.717, 1.165) is 0 Å². The number of benzene rings is 1. The summed E-state index contributed by atoms with van der Waals surface area (Å²) < 4.78 is 25.8. The molecular formula is C15H22ClN3O3S. The maximum absolute atomic E-state index is 12.3. The third kappa shape index (κ3) is 5.09. The molecule has 0 radical (unpaired) electrons. The Labute approximate surface area is 142 Å². The van der Waals surface area contributed by atoms with Gasteiger partial charge in [-0.2, -0.15) is 0 Å². The number of hydrogen-bond acceptors (Lipinski definition) is 3. The van der Waals surface area contributed by atoms with Crippen molar-refractivity contribution in [2.75, 3.05) is 37.2 Å². The first-order valence-electron chi connectivity index (χ1n) is 7.71. The van der Waals surface area contributed by atoms with E-state index in [0.29, 0.717) is 49.7 Å². The minimum Gasteiger partial charge on any atom is -0.323 e. The molecule has 0 aromatic heterocycles. The van der Waals surface area contributed by atoms with Crippen LogP contribution in [0.4, 0.5) is 10.5 Å². The lowest BCUT2D eigenvalue weighted by Gasteiger charge is -2.22. The van der Waals surface area contributed by atoms with Gasteiger partial charge in [0.1, 0.15) is 0 Å². The number of carbonyl (C=O) groups is 1. The molecule has 6 nitrogen and oxygen atoms in total. The maximum Gasteiger partial charge on any atom is 0.321 e. The fourth-order valence-corrected chi connectivity index (χ4v) is 4.17. The molecule has 1 aliphatic heterocycles. The third-order valence-electron chi connectivity index (χ3n) is 3.69. The average Bonchev–Trinajstić information content (AvgIpc) is 2.76. The standard InChI is InChI=1S/C15H22ClN3O3S/c1-2-12-23(21,22)19-9-3-8-18(10-11-19)15(20)17-14-6-4-13(16)5-7-14/h4-7H,2-3,8-12H2,1H3,(H,17,20). The first kappa shape index (κ1) is 18.0. The molecule has 0 aliphatic carbocycles. The molecule has 0 bridgehead atoms. The molecule has 1 saturated heterocycles. The summed E-state index contributed by atoms with van der Waals surface area (Å²) in [6.07, 6.45) is 1.23. The van der Waals surface area contributed by atoms with Crippen molar-refractivity contribution < 1.29 is 13.2 Å². The van der Waals surface area contributed by atoms with Crippen molar-refractivity contribution in [1.82, 2.24) is 9.21 Å². The molecular weight excluding hydrogens is 338 g/mol. The highest BCUT2D eigenvalue weighted by Gasteiger charge is 2.26. The van der Waals surface area contributed by atoms with Crippen molar-refractivity contribution >= 4 is 33.3 Å². The lowest BCUT2D eigenvalue weighted by Crippen LogP contribution is -2.39. The SMILES string of the molecule is CCCS(=O)(=O)N1CCCN(C(=O)Nc2ccc(Cl)cc2)CC1. The van der Waals surface area contributed by atoms with Gasteiger partial charge in [-0.15, -0.1) is 0 Å². The molecule has 0 spiro atoms. The van der Waals surface area contributed by atoms with Crippen molar-refractivity contribution in [3.8, 4) is 0 Å². The van der Waals surface area contributed by atoms with Gasteiger partial charge in [-0.1, -0.05) is 18.5 Å². The molecule has 2 amide bonds. The third-order valence-corrected chi connectivity index (χ3v) is 6.02. The van der Waals surface area contributed by atoms with Crippen LogP contribution in [0.25, 0.3) is 0 Å². The normalized spacial score (nSPS) is 16.9. The Hall–Kier alpha value is -1.31. The highest BCUT2D eigenvalue weighted by Crippen LogP contribution is 2.15. The topological polar surface area (TPSA) is 69.7 Å². The van der Waals surface area contributed by atoms with Crippen LogP contribution in [0.5, 0.6) is 0 Å². The van der Waals surface area contributed by atoms with Gasteiger partial charge in [-0.25, -0.2) is 17.5 Å². The zero-order valence-corrected chi connectivity index (χ0v) is 14.7. The Bertz CT molecular complexity index is 634. The van der Waals surface area contributed by atoms with Crippen LogP contribution in [0.2, 0.25) is 5.02 Å². The number of rotatable bonds is 4. The molecule has 1 aromatic rings. The van der Waals surface area contributed by atoms with Gasteiger partial charge in [0.05, 0.1) is 5.75 Å². The first-order valence-corrected chi connectivity index (χ1v) is 9.70. The molecule has 0 saturated carbocycles. The fourth-order valence-electron chi connectivity index (χ4n) is 2.50. The van der Waals surface area contributed by atoms with Crippen molar-refractivity contribution in [2.24, 2.45) is 0 Å². The van der Waals surface area contributed by atoms with Crippen molar-refractivity contribution in [1.29, 1.82) is 0 Å². The maximum atomic E-state index is 12.3. The van der Waals surface area contributed by atoms with Gasteiger partial charge >= 0.3 is 6.03 Å². The van der Waals surface area contributed by atoms with Gasteiger partial charge in [-0.3, -0.25) is 0 Å². The van der Waals surface area contributed by atoms with E-state index in [4.69, 9.17) is 11.6 Å². The van der Waals surface area contributed by atoms with E-state index in [1.54, 1.807) is 29.2 Å². The van der Waals surface area contributed by atoms with Crippen LogP contribution < -0.4 is 5.32 Å². The van der Waals surface area contributed by atoms with Crippen LogP contribution in [-0.4, -0.2) is 55.6 Å². The van der Waals surface area contributed by atoms with Crippen LogP contribution in [0.3, 0.4) is 0 Å². The second kappa shape index (κ2) is 7.99. The molecule has 0 unspecified atom stereocenters. The fraction of sp³-hybridized carbons (Fsp3) is 0.533.